The number of carbonyl (C=O) groups excluding carboxylic acids is 2. The van der Waals surface area contributed by atoms with E-state index >= 15 is 0 Å². The lowest BCUT2D eigenvalue weighted by atomic mass is 10.2. The average Bonchev–Trinajstić information content (AvgIpc) is 2.26. The summed E-state index contributed by atoms with van der Waals surface area (Å²) in [5, 5.41) is 6.40. The zero-order valence-electron chi connectivity index (χ0n) is 10.9. The Morgan fingerprint density at radius 2 is 1.82 bits per heavy atom. The van der Waals surface area contributed by atoms with E-state index in [0.29, 0.717) is 18.9 Å². The summed E-state index contributed by atoms with van der Waals surface area (Å²) < 4.78 is 0. The summed E-state index contributed by atoms with van der Waals surface area (Å²) in [6, 6.07) is -0.453. The summed E-state index contributed by atoms with van der Waals surface area (Å²) in [4.78, 5) is 23.0. The predicted octanol–water partition coefficient (Wildman–Crippen LogP) is 1.83. The second-order valence-electron chi connectivity index (χ2n) is 4.57. The number of hydrogen-bond donors (Lipinski definition) is 2. The first-order valence-corrected chi connectivity index (χ1v) is 7.22. The molecule has 0 aliphatic rings. The van der Waals surface area contributed by atoms with Crippen LogP contribution in [0.4, 0.5) is 0 Å². The molecule has 0 aromatic heterocycles. The van der Waals surface area contributed by atoms with Gasteiger partial charge in [0.15, 0.2) is 0 Å². The van der Waals surface area contributed by atoms with E-state index in [1.807, 2.05) is 13.8 Å². The Morgan fingerprint density at radius 3 is 2.35 bits per heavy atom. The van der Waals surface area contributed by atoms with Crippen molar-refractivity contribution in [3.05, 3.63) is 0 Å². The Labute approximate surface area is 112 Å². The first kappa shape index (κ1) is 16.4. The summed E-state index contributed by atoms with van der Waals surface area (Å²) >= 11 is 3.31. The summed E-state index contributed by atoms with van der Waals surface area (Å²) in [7, 11) is 0. The van der Waals surface area contributed by atoms with E-state index < -0.39 is 6.04 Å². The molecule has 0 saturated heterocycles. The third kappa shape index (κ3) is 9.15. The molecule has 0 fully saturated rings. The van der Waals surface area contributed by atoms with Gasteiger partial charge in [0.05, 0.1) is 0 Å². The number of amides is 2. The molecule has 0 bridgehead atoms. The van der Waals surface area contributed by atoms with Crippen molar-refractivity contribution in [1.82, 2.24) is 10.6 Å². The van der Waals surface area contributed by atoms with Crippen molar-refractivity contribution < 1.29 is 9.59 Å². The van der Waals surface area contributed by atoms with Crippen LogP contribution < -0.4 is 10.6 Å². The maximum Gasteiger partial charge on any atom is 0.242 e. The van der Waals surface area contributed by atoms with Gasteiger partial charge in [-0.3, -0.25) is 9.59 Å². The highest BCUT2D eigenvalue weighted by atomic mass is 79.9. The second-order valence-corrected chi connectivity index (χ2v) is 5.37. The van der Waals surface area contributed by atoms with Gasteiger partial charge in [-0.1, -0.05) is 29.8 Å². The van der Waals surface area contributed by atoms with Gasteiger partial charge in [0, 0.05) is 18.3 Å². The van der Waals surface area contributed by atoms with Crippen molar-refractivity contribution >= 4 is 27.7 Å². The van der Waals surface area contributed by atoms with Crippen molar-refractivity contribution in [3.8, 4) is 0 Å². The third-order valence-electron chi connectivity index (χ3n) is 2.24. The first-order chi connectivity index (χ1) is 7.97. The minimum Gasteiger partial charge on any atom is -0.354 e. The van der Waals surface area contributed by atoms with Crippen LogP contribution in [-0.2, 0) is 9.59 Å². The highest BCUT2D eigenvalue weighted by Gasteiger charge is 2.14. The van der Waals surface area contributed by atoms with Crippen LogP contribution in [0.1, 0.15) is 40.0 Å². The fourth-order valence-corrected chi connectivity index (χ4v) is 1.61. The Morgan fingerprint density at radius 1 is 1.18 bits per heavy atom. The lowest BCUT2D eigenvalue weighted by molar-refractivity contribution is -0.128. The topological polar surface area (TPSA) is 58.2 Å². The minimum atomic E-state index is -0.453. The van der Waals surface area contributed by atoms with Crippen LogP contribution >= 0.6 is 15.9 Å². The molecular formula is C12H23BrN2O2. The normalized spacial score (nSPS) is 12.3. The van der Waals surface area contributed by atoms with E-state index in [-0.39, 0.29) is 11.8 Å². The molecule has 1 unspecified atom stereocenters. The van der Waals surface area contributed by atoms with Crippen molar-refractivity contribution in [3.63, 3.8) is 0 Å². The molecule has 0 aliphatic carbocycles. The molecule has 0 rings (SSSR count). The highest BCUT2D eigenvalue weighted by molar-refractivity contribution is 9.09. The number of nitrogens with one attached hydrogen (secondary N) is 2. The number of alkyl halides is 1. The van der Waals surface area contributed by atoms with Gasteiger partial charge in [-0.25, -0.2) is 0 Å². The van der Waals surface area contributed by atoms with E-state index in [2.05, 4.69) is 26.6 Å². The van der Waals surface area contributed by atoms with Gasteiger partial charge >= 0.3 is 0 Å². The number of carbonyl (C=O) groups is 2. The average molecular weight is 307 g/mol. The predicted molar refractivity (Wildman–Crippen MR) is 73.1 cm³/mol. The van der Waals surface area contributed by atoms with Crippen molar-refractivity contribution in [2.75, 3.05) is 11.9 Å². The van der Waals surface area contributed by atoms with Gasteiger partial charge in [0.2, 0.25) is 11.8 Å². The largest absolute Gasteiger partial charge is 0.354 e. The van der Waals surface area contributed by atoms with Crippen LogP contribution in [0.2, 0.25) is 0 Å². The molecular weight excluding hydrogens is 284 g/mol. The smallest absolute Gasteiger partial charge is 0.242 e. The molecule has 0 aromatic carbocycles. The van der Waals surface area contributed by atoms with E-state index in [4.69, 9.17) is 0 Å². The van der Waals surface area contributed by atoms with Gasteiger partial charge in [0.1, 0.15) is 6.04 Å². The summed E-state index contributed by atoms with van der Waals surface area (Å²) in [6.07, 6.45) is 2.30. The van der Waals surface area contributed by atoms with Crippen LogP contribution in [0.3, 0.4) is 0 Å². The quantitative estimate of drug-likeness (QED) is 0.531. The molecule has 0 aliphatic heterocycles. The Bertz CT molecular complexity index is 245. The van der Waals surface area contributed by atoms with Gasteiger partial charge in [-0.05, 0) is 25.7 Å². The Hall–Kier alpha value is -0.580. The van der Waals surface area contributed by atoms with Crippen molar-refractivity contribution in [2.45, 2.75) is 46.1 Å². The SMILES string of the molecule is CC(C)CNC(=O)C(C)NC(=O)CCCCBr. The Balaban J connectivity index is 3.78. The number of unbranched alkanes of at least 4 members (excludes halogenated alkanes) is 1. The Kier molecular flexibility index (Phi) is 9.13. The summed E-state index contributed by atoms with van der Waals surface area (Å²) in [5.41, 5.74) is 0. The van der Waals surface area contributed by atoms with Crippen LogP contribution in [0.25, 0.3) is 0 Å². The third-order valence-corrected chi connectivity index (χ3v) is 2.80. The van der Waals surface area contributed by atoms with Crippen LogP contribution in [0.5, 0.6) is 0 Å². The fourth-order valence-electron chi connectivity index (χ4n) is 1.22. The minimum absolute atomic E-state index is 0.0573. The number of halogens is 1. The van der Waals surface area contributed by atoms with Gasteiger partial charge in [-0.15, -0.1) is 0 Å². The molecule has 0 heterocycles. The van der Waals surface area contributed by atoms with Gasteiger partial charge in [-0.2, -0.15) is 0 Å². The molecule has 17 heavy (non-hydrogen) atoms. The van der Waals surface area contributed by atoms with Crippen molar-refractivity contribution in [2.24, 2.45) is 5.92 Å². The number of rotatable bonds is 8. The van der Waals surface area contributed by atoms with E-state index in [1.54, 1.807) is 6.92 Å². The molecule has 0 radical (unpaired) electrons. The first-order valence-electron chi connectivity index (χ1n) is 6.10. The molecule has 0 saturated carbocycles. The number of hydrogen-bond acceptors (Lipinski definition) is 2. The summed E-state index contributed by atoms with van der Waals surface area (Å²) in [6.45, 7) is 6.41. The lowest BCUT2D eigenvalue weighted by Gasteiger charge is -2.15. The zero-order chi connectivity index (χ0) is 13.3. The highest BCUT2D eigenvalue weighted by Crippen LogP contribution is 1.99. The molecule has 1 atom stereocenters. The molecule has 0 aromatic rings. The monoisotopic (exact) mass is 306 g/mol. The van der Waals surface area contributed by atoms with E-state index in [9.17, 15) is 9.59 Å². The second kappa shape index (κ2) is 9.45. The standard InChI is InChI=1S/C12H23BrN2O2/c1-9(2)8-14-12(17)10(3)15-11(16)6-4-5-7-13/h9-10H,4-8H2,1-3H3,(H,14,17)(H,15,16). The lowest BCUT2D eigenvalue weighted by Crippen LogP contribution is -2.45. The summed E-state index contributed by atoms with van der Waals surface area (Å²) in [5.74, 6) is 0.242. The molecule has 2 amide bonds. The molecule has 0 spiro atoms. The van der Waals surface area contributed by atoms with E-state index in [0.717, 1.165) is 18.2 Å². The van der Waals surface area contributed by atoms with Gasteiger partial charge in [0.25, 0.3) is 0 Å². The van der Waals surface area contributed by atoms with Gasteiger partial charge < -0.3 is 10.6 Å². The van der Waals surface area contributed by atoms with Crippen molar-refractivity contribution in [1.29, 1.82) is 0 Å². The molecule has 2 N–H and O–H groups in total. The molecule has 100 valence electrons. The fraction of sp³-hybridized carbons (Fsp3) is 0.833. The maximum absolute atomic E-state index is 11.6. The van der Waals surface area contributed by atoms with E-state index in [1.165, 1.54) is 0 Å². The van der Waals surface area contributed by atoms with Crippen LogP contribution in [-0.4, -0.2) is 29.7 Å². The van der Waals surface area contributed by atoms with Crippen LogP contribution in [0.15, 0.2) is 0 Å². The molecule has 5 heteroatoms. The maximum atomic E-state index is 11.6. The molecule has 4 nitrogen and oxygen atoms in total. The van der Waals surface area contributed by atoms with Crippen LogP contribution in [0, 0.1) is 5.92 Å². The zero-order valence-corrected chi connectivity index (χ0v) is 12.5.